The number of hydrogen-bond acceptors (Lipinski definition) is 3. The molecule has 1 heterocycles. The summed E-state index contributed by atoms with van der Waals surface area (Å²) in [6.07, 6.45) is -0.458. The molecule has 2 aromatic carbocycles. The van der Waals surface area contributed by atoms with Crippen LogP contribution in [-0.4, -0.2) is 50.5 Å². The van der Waals surface area contributed by atoms with Crippen molar-refractivity contribution >= 4 is 17.3 Å². The average Bonchev–Trinajstić information content (AvgIpc) is 2.62. The topological polar surface area (TPSA) is 37.1 Å². The van der Waals surface area contributed by atoms with Crippen LogP contribution < -0.4 is 14.5 Å². The van der Waals surface area contributed by atoms with Crippen LogP contribution in [0.5, 0.6) is 5.75 Å². The van der Waals surface area contributed by atoms with Crippen molar-refractivity contribution in [1.82, 2.24) is 0 Å². The highest BCUT2D eigenvalue weighted by Gasteiger charge is 2.23. The average molecular weight is 390 g/mol. The largest absolute Gasteiger partial charge is 0.491 e. The van der Waals surface area contributed by atoms with Crippen LogP contribution in [0.3, 0.4) is 0 Å². The number of piperazine rings is 1. The monoisotopic (exact) mass is 389 g/mol. The summed E-state index contributed by atoms with van der Waals surface area (Å²) in [6.45, 7) is 11.3. The van der Waals surface area contributed by atoms with Crippen LogP contribution in [0.4, 0.5) is 5.69 Å². The number of aryl methyl sites for hydroxylation is 3. The quantitative estimate of drug-likeness (QED) is 0.796. The summed E-state index contributed by atoms with van der Waals surface area (Å²) in [5.41, 5.74) is 4.83. The minimum absolute atomic E-state index is 0.337. The van der Waals surface area contributed by atoms with E-state index in [1.807, 2.05) is 18.2 Å². The van der Waals surface area contributed by atoms with E-state index >= 15 is 0 Å². The van der Waals surface area contributed by atoms with Crippen LogP contribution in [-0.2, 0) is 0 Å². The summed E-state index contributed by atoms with van der Waals surface area (Å²) in [4.78, 5) is 3.81. The Bertz CT molecular complexity index is 753. The van der Waals surface area contributed by atoms with Gasteiger partial charge in [-0.2, -0.15) is 0 Å². The van der Waals surface area contributed by atoms with Gasteiger partial charge in [0, 0.05) is 10.7 Å². The van der Waals surface area contributed by atoms with Crippen molar-refractivity contribution in [2.45, 2.75) is 26.9 Å². The molecule has 0 radical (unpaired) electrons. The summed E-state index contributed by atoms with van der Waals surface area (Å²) in [6, 6.07) is 12.2. The number of quaternary nitrogens is 1. The highest BCUT2D eigenvalue weighted by molar-refractivity contribution is 6.30. The second-order valence-electron chi connectivity index (χ2n) is 7.66. The Morgan fingerprint density at radius 2 is 1.74 bits per heavy atom. The van der Waals surface area contributed by atoms with E-state index in [0.29, 0.717) is 13.2 Å². The molecule has 0 spiro atoms. The van der Waals surface area contributed by atoms with E-state index in [1.165, 1.54) is 27.3 Å². The first-order valence-electron chi connectivity index (χ1n) is 9.64. The lowest BCUT2D eigenvalue weighted by atomic mass is 10.1. The molecule has 2 aromatic rings. The third kappa shape index (κ3) is 5.61. The Morgan fingerprint density at radius 3 is 2.41 bits per heavy atom. The van der Waals surface area contributed by atoms with Gasteiger partial charge in [-0.15, -0.1) is 0 Å². The van der Waals surface area contributed by atoms with Gasteiger partial charge in [0.25, 0.3) is 0 Å². The fourth-order valence-corrected chi connectivity index (χ4v) is 3.96. The molecule has 0 amide bonds. The predicted molar refractivity (Wildman–Crippen MR) is 111 cm³/mol. The lowest BCUT2D eigenvalue weighted by molar-refractivity contribution is -0.903. The molecule has 1 atom stereocenters. The Labute approximate surface area is 167 Å². The molecule has 1 aliphatic rings. The van der Waals surface area contributed by atoms with Crippen LogP contribution in [0.25, 0.3) is 0 Å². The van der Waals surface area contributed by atoms with Gasteiger partial charge in [-0.1, -0.05) is 23.7 Å². The second kappa shape index (κ2) is 8.96. The van der Waals surface area contributed by atoms with Crippen LogP contribution in [0.15, 0.2) is 36.4 Å². The van der Waals surface area contributed by atoms with Gasteiger partial charge < -0.3 is 19.6 Å². The van der Waals surface area contributed by atoms with Crippen molar-refractivity contribution in [3.8, 4) is 5.75 Å². The van der Waals surface area contributed by atoms with Gasteiger partial charge >= 0.3 is 0 Å². The number of hydrogen-bond donors (Lipinski definition) is 2. The first kappa shape index (κ1) is 20.0. The van der Waals surface area contributed by atoms with Gasteiger partial charge in [0.2, 0.25) is 0 Å². The summed E-state index contributed by atoms with van der Waals surface area (Å²) in [5.74, 6) is 0.836. The van der Waals surface area contributed by atoms with Crippen molar-refractivity contribution in [3.05, 3.63) is 58.1 Å². The molecule has 5 heteroatoms. The number of nitrogens with zero attached hydrogens (tertiary/aromatic N) is 1. The number of aliphatic hydroxyl groups excluding tert-OH is 1. The summed E-state index contributed by atoms with van der Waals surface area (Å²) >= 11 is 6.16. The zero-order valence-corrected chi connectivity index (χ0v) is 17.2. The molecule has 27 heavy (non-hydrogen) atoms. The van der Waals surface area contributed by atoms with Crippen molar-refractivity contribution in [1.29, 1.82) is 0 Å². The number of anilines is 1. The first-order chi connectivity index (χ1) is 12.9. The number of nitrogens with one attached hydrogen (secondary N) is 1. The second-order valence-corrected chi connectivity index (χ2v) is 8.10. The molecular weight excluding hydrogens is 360 g/mol. The lowest BCUT2D eigenvalue weighted by Crippen LogP contribution is -3.16. The van der Waals surface area contributed by atoms with Crippen molar-refractivity contribution < 1.29 is 14.7 Å². The van der Waals surface area contributed by atoms with Gasteiger partial charge in [-0.3, -0.25) is 0 Å². The molecule has 0 aromatic heterocycles. The maximum absolute atomic E-state index is 10.4. The highest BCUT2D eigenvalue weighted by atomic mass is 35.5. The standard InChI is InChI=1S/C22H29ClN2O2/c1-16-10-17(2)12-21(11-16)27-15-20(26)14-24-6-8-25(9-7-24)22-13-19(23)5-4-18(22)3/h4-5,10-13,20,26H,6-9,14-15H2,1-3H3/p+1/t20-/m0/s1. The Morgan fingerprint density at radius 1 is 1.07 bits per heavy atom. The maximum atomic E-state index is 10.4. The molecular formula is C22H30ClN2O2+. The van der Waals surface area contributed by atoms with Crippen LogP contribution in [0.2, 0.25) is 5.02 Å². The predicted octanol–water partition coefficient (Wildman–Crippen LogP) is 2.41. The van der Waals surface area contributed by atoms with E-state index in [-0.39, 0.29) is 0 Å². The van der Waals surface area contributed by atoms with Gasteiger partial charge in [0.1, 0.15) is 25.0 Å². The molecule has 0 saturated carbocycles. The summed E-state index contributed by atoms with van der Waals surface area (Å²) < 4.78 is 5.80. The minimum atomic E-state index is -0.458. The van der Waals surface area contributed by atoms with E-state index in [1.54, 1.807) is 0 Å². The molecule has 1 aliphatic heterocycles. The molecule has 146 valence electrons. The molecule has 2 N–H and O–H groups in total. The fourth-order valence-electron chi connectivity index (χ4n) is 3.79. The van der Waals surface area contributed by atoms with Gasteiger partial charge in [-0.05, 0) is 61.7 Å². The molecule has 1 fully saturated rings. The molecule has 0 unspecified atom stereocenters. The van der Waals surface area contributed by atoms with Crippen molar-refractivity contribution in [2.24, 2.45) is 0 Å². The smallest absolute Gasteiger partial charge is 0.137 e. The van der Waals surface area contributed by atoms with Gasteiger partial charge in [-0.25, -0.2) is 0 Å². The SMILES string of the molecule is Cc1cc(C)cc(OC[C@@H](O)C[NH+]2CCN(c3cc(Cl)ccc3C)CC2)c1. The normalized spacial score (nSPS) is 16.4. The number of ether oxygens (including phenoxy) is 1. The first-order valence-corrected chi connectivity index (χ1v) is 10.0. The highest BCUT2D eigenvalue weighted by Crippen LogP contribution is 2.24. The summed E-state index contributed by atoms with van der Waals surface area (Å²) in [5, 5.41) is 11.2. The van der Waals surface area contributed by atoms with Gasteiger partial charge in [0.05, 0.1) is 26.2 Å². The van der Waals surface area contributed by atoms with Crippen LogP contribution >= 0.6 is 11.6 Å². The number of halogens is 1. The zero-order chi connectivity index (χ0) is 19.4. The third-order valence-corrected chi connectivity index (χ3v) is 5.38. The minimum Gasteiger partial charge on any atom is -0.491 e. The zero-order valence-electron chi connectivity index (χ0n) is 16.5. The van der Waals surface area contributed by atoms with E-state index in [4.69, 9.17) is 16.3 Å². The number of rotatable bonds is 6. The van der Waals surface area contributed by atoms with Crippen LogP contribution in [0.1, 0.15) is 16.7 Å². The van der Waals surface area contributed by atoms with E-state index in [2.05, 4.69) is 43.9 Å². The van der Waals surface area contributed by atoms with E-state index in [0.717, 1.165) is 37.0 Å². The maximum Gasteiger partial charge on any atom is 0.137 e. The Balaban J connectivity index is 1.46. The summed E-state index contributed by atoms with van der Waals surface area (Å²) in [7, 11) is 0. The van der Waals surface area contributed by atoms with Crippen molar-refractivity contribution in [3.63, 3.8) is 0 Å². The van der Waals surface area contributed by atoms with Gasteiger partial charge in [0.15, 0.2) is 0 Å². The number of aliphatic hydroxyl groups is 1. The number of benzene rings is 2. The lowest BCUT2D eigenvalue weighted by Gasteiger charge is -2.35. The molecule has 0 aliphatic carbocycles. The molecule has 4 nitrogen and oxygen atoms in total. The van der Waals surface area contributed by atoms with Crippen molar-refractivity contribution in [2.75, 3.05) is 44.2 Å². The Kier molecular flexibility index (Phi) is 6.64. The third-order valence-electron chi connectivity index (χ3n) is 5.14. The Hall–Kier alpha value is -1.75. The molecule has 0 bridgehead atoms. The van der Waals surface area contributed by atoms with Crippen LogP contribution in [0, 0.1) is 20.8 Å². The molecule has 3 rings (SSSR count). The van der Waals surface area contributed by atoms with E-state index < -0.39 is 6.10 Å². The molecule has 1 saturated heterocycles. The fraction of sp³-hybridized carbons (Fsp3) is 0.455. The van der Waals surface area contributed by atoms with E-state index in [9.17, 15) is 5.11 Å².